The first-order chi connectivity index (χ1) is 15.2. The third kappa shape index (κ3) is 6.33. The minimum absolute atomic E-state index is 0.238. The zero-order valence-electron chi connectivity index (χ0n) is 19.0. The van der Waals surface area contributed by atoms with E-state index < -0.39 is 0 Å². The largest absolute Gasteiger partial charge is 0.493 e. The highest BCUT2D eigenvalue weighted by atomic mass is 16.5. The van der Waals surface area contributed by atoms with E-state index in [2.05, 4.69) is 34.6 Å². The van der Waals surface area contributed by atoms with Crippen LogP contribution in [0.1, 0.15) is 43.9 Å². The molecule has 1 unspecified atom stereocenters. The van der Waals surface area contributed by atoms with Crippen molar-refractivity contribution < 1.29 is 14.2 Å². The molecular formula is C22H34N6O3. The molecule has 0 aliphatic carbocycles. The molecule has 0 saturated heterocycles. The lowest BCUT2D eigenvalue weighted by molar-refractivity contribution is 0.177. The van der Waals surface area contributed by atoms with Gasteiger partial charge in [-0.15, -0.1) is 0 Å². The predicted octanol–water partition coefficient (Wildman–Crippen LogP) is 2.29. The lowest BCUT2D eigenvalue weighted by Gasteiger charge is -2.25. The molecule has 9 nitrogen and oxygen atoms in total. The van der Waals surface area contributed by atoms with Crippen LogP contribution >= 0.6 is 0 Å². The van der Waals surface area contributed by atoms with E-state index in [1.54, 1.807) is 14.2 Å². The Hall–Kier alpha value is -2.81. The van der Waals surface area contributed by atoms with Gasteiger partial charge in [0.25, 0.3) is 0 Å². The molecular weight excluding hydrogens is 396 g/mol. The number of benzene rings is 1. The molecule has 31 heavy (non-hydrogen) atoms. The van der Waals surface area contributed by atoms with Crippen LogP contribution in [0.3, 0.4) is 0 Å². The quantitative estimate of drug-likeness (QED) is 0.441. The molecule has 170 valence electrons. The van der Waals surface area contributed by atoms with Gasteiger partial charge in [0.1, 0.15) is 12.4 Å². The molecule has 0 fully saturated rings. The van der Waals surface area contributed by atoms with Crippen molar-refractivity contribution in [1.82, 2.24) is 25.4 Å². The number of aryl methyl sites for hydroxylation is 1. The maximum absolute atomic E-state index is 5.74. The summed E-state index contributed by atoms with van der Waals surface area (Å²) < 4.78 is 18.3. The SMILES string of the molecule is CCCOc1ccc(CN=C(NCC)NC2CCc3nc(COC)nn3C2)cc1OC. The molecule has 1 aromatic carbocycles. The smallest absolute Gasteiger partial charge is 0.191 e. The summed E-state index contributed by atoms with van der Waals surface area (Å²) in [7, 11) is 3.32. The second-order valence-corrected chi connectivity index (χ2v) is 7.47. The summed E-state index contributed by atoms with van der Waals surface area (Å²) in [5.74, 6) is 4.04. The van der Waals surface area contributed by atoms with Crippen LogP contribution in [-0.2, 0) is 30.9 Å². The van der Waals surface area contributed by atoms with Crippen LogP contribution in [0.25, 0.3) is 0 Å². The van der Waals surface area contributed by atoms with E-state index in [0.29, 0.717) is 19.8 Å². The van der Waals surface area contributed by atoms with E-state index in [4.69, 9.17) is 19.2 Å². The number of rotatable bonds is 10. The lowest BCUT2D eigenvalue weighted by Crippen LogP contribution is -2.47. The van der Waals surface area contributed by atoms with Crippen molar-refractivity contribution in [2.45, 2.75) is 58.8 Å². The highest BCUT2D eigenvalue weighted by Gasteiger charge is 2.22. The summed E-state index contributed by atoms with van der Waals surface area (Å²) in [6, 6.07) is 6.20. The number of hydrogen-bond donors (Lipinski definition) is 2. The second kappa shape index (κ2) is 11.5. The Morgan fingerprint density at radius 3 is 2.87 bits per heavy atom. The molecule has 0 spiro atoms. The van der Waals surface area contributed by atoms with Gasteiger partial charge in [0.15, 0.2) is 23.3 Å². The lowest BCUT2D eigenvalue weighted by atomic mass is 10.1. The molecule has 1 aromatic heterocycles. The monoisotopic (exact) mass is 430 g/mol. The maximum Gasteiger partial charge on any atom is 0.191 e. The summed E-state index contributed by atoms with van der Waals surface area (Å²) in [6.45, 7) is 7.34. The minimum atomic E-state index is 0.238. The first-order valence-corrected chi connectivity index (χ1v) is 10.9. The van der Waals surface area contributed by atoms with Gasteiger partial charge in [0.2, 0.25) is 0 Å². The number of ether oxygens (including phenoxy) is 3. The Morgan fingerprint density at radius 2 is 2.13 bits per heavy atom. The molecule has 1 aliphatic heterocycles. The van der Waals surface area contributed by atoms with E-state index in [0.717, 1.165) is 67.0 Å². The van der Waals surface area contributed by atoms with Crippen LogP contribution in [0.5, 0.6) is 11.5 Å². The average Bonchev–Trinajstić information content (AvgIpc) is 3.18. The van der Waals surface area contributed by atoms with Crippen LogP contribution < -0.4 is 20.1 Å². The van der Waals surface area contributed by atoms with Crippen LogP contribution in [-0.4, -0.2) is 54.1 Å². The van der Waals surface area contributed by atoms with Crippen molar-refractivity contribution >= 4 is 5.96 Å². The van der Waals surface area contributed by atoms with Gasteiger partial charge in [-0.1, -0.05) is 13.0 Å². The summed E-state index contributed by atoms with van der Waals surface area (Å²) in [4.78, 5) is 9.31. The number of guanidine groups is 1. The molecule has 2 aromatic rings. The van der Waals surface area contributed by atoms with Gasteiger partial charge in [-0.2, -0.15) is 5.10 Å². The molecule has 1 atom stereocenters. The minimum Gasteiger partial charge on any atom is -0.493 e. The zero-order chi connectivity index (χ0) is 22.1. The zero-order valence-corrected chi connectivity index (χ0v) is 19.0. The Bertz CT molecular complexity index is 867. The average molecular weight is 431 g/mol. The number of nitrogens with one attached hydrogen (secondary N) is 2. The number of aromatic nitrogens is 3. The fourth-order valence-corrected chi connectivity index (χ4v) is 3.49. The van der Waals surface area contributed by atoms with Crippen LogP contribution in [0.4, 0.5) is 0 Å². The highest BCUT2D eigenvalue weighted by molar-refractivity contribution is 5.80. The van der Waals surface area contributed by atoms with Crippen LogP contribution in [0.15, 0.2) is 23.2 Å². The topological polar surface area (TPSA) is 94.8 Å². The predicted molar refractivity (Wildman–Crippen MR) is 120 cm³/mol. The molecule has 3 rings (SSSR count). The number of nitrogens with zero attached hydrogens (tertiary/aromatic N) is 4. The van der Waals surface area contributed by atoms with Gasteiger partial charge in [0, 0.05) is 26.1 Å². The van der Waals surface area contributed by atoms with Crippen molar-refractivity contribution in [3.8, 4) is 11.5 Å². The first-order valence-electron chi connectivity index (χ1n) is 10.9. The number of hydrogen-bond acceptors (Lipinski definition) is 6. The van der Waals surface area contributed by atoms with Crippen molar-refractivity contribution in [3.63, 3.8) is 0 Å². The Balaban J connectivity index is 1.63. The van der Waals surface area contributed by atoms with Gasteiger partial charge < -0.3 is 24.8 Å². The molecule has 0 bridgehead atoms. The molecule has 0 amide bonds. The number of aliphatic imine (C=N–C) groups is 1. The first kappa shape index (κ1) is 22.9. The molecule has 2 N–H and O–H groups in total. The highest BCUT2D eigenvalue weighted by Crippen LogP contribution is 2.28. The van der Waals surface area contributed by atoms with Crippen molar-refractivity contribution in [1.29, 1.82) is 0 Å². The molecule has 0 saturated carbocycles. The Labute approximate surface area is 184 Å². The summed E-state index contributed by atoms with van der Waals surface area (Å²) in [6.07, 6.45) is 2.81. The van der Waals surface area contributed by atoms with E-state index >= 15 is 0 Å². The maximum atomic E-state index is 5.74. The number of fused-ring (bicyclic) bond motifs is 1. The molecule has 2 heterocycles. The van der Waals surface area contributed by atoms with Gasteiger partial charge in [-0.05, 0) is 37.5 Å². The van der Waals surface area contributed by atoms with Crippen LogP contribution in [0, 0.1) is 0 Å². The van der Waals surface area contributed by atoms with Crippen molar-refractivity contribution in [2.24, 2.45) is 4.99 Å². The van der Waals surface area contributed by atoms with Crippen LogP contribution in [0.2, 0.25) is 0 Å². The molecule has 1 aliphatic rings. The van der Waals surface area contributed by atoms with E-state index in [1.807, 2.05) is 22.9 Å². The van der Waals surface area contributed by atoms with Gasteiger partial charge in [-0.25, -0.2) is 14.7 Å². The van der Waals surface area contributed by atoms with Crippen molar-refractivity contribution in [2.75, 3.05) is 27.4 Å². The fourth-order valence-electron chi connectivity index (χ4n) is 3.49. The Morgan fingerprint density at radius 1 is 1.26 bits per heavy atom. The summed E-state index contributed by atoms with van der Waals surface area (Å²) >= 11 is 0. The summed E-state index contributed by atoms with van der Waals surface area (Å²) in [5.41, 5.74) is 1.06. The van der Waals surface area contributed by atoms with E-state index in [1.165, 1.54) is 0 Å². The normalized spacial score (nSPS) is 16.0. The Kier molecular flexibility index (Phi) is 8.52. The third-order valence-electron chi connectivity index (χ3n) is 4.97. The van der Waals surface area contributed by atoms with Crippen molar-refractivity contribution in [3.05, 3.63) is 35.4 Å². The van der Waals surface area contributed by atoms with E-state index in [9.17, 15) is 0 Å². The molecule has 9 heteroatoms. The van der Waals surface area contributed by atoms with Gasteiger partial charge >= 0.3 is 0 Å². The standard InChI is InChI=1S/C22H34N6O3/c1-5-11-31-18-9-7-16(12-19(18)30-4)13-24-22(23-6-2)25-17-8-10-21-26-20(15-29-3)27-28(21)14-17/h7,9,12,17H,5-6,8,10-11,13-15H2,1-4H3,(H2,23,24,25). The van der Waals surface area contributed by atoms with Gasteiger partial charge in [-0.3, -0.25) is 0 Å². The van der Waals surface area contributed by atoms with Gasteiger partial charge in [0.05, 0.1) is 26.8 Å². The number of methoxy groups -OCH3 is 2. The second-order valence-electron chi connectivity index (χ2n) is 7.47. The van der Waals surface area contributed by atoms with E-state index in [-0.39, 0.29) is 6.04 Å². The summed E-state index contributed by atoms with van der Waals surface area (Å²) in [5, 5.41) is 11.4. The molecule has 0 radical (unpaired) electrons. The fraction of sp³-hybridized carbons (Fsp3) is 0.591. The third-order valence-corrected chi connectivity index (χ3v) is 4.97.